The maximum Gasteiger partial charge on any atom is 0.243 e. The molecule has 98 valence electrons. The van der Waals surface area contributed by atoms with Gasteiger partial charge in [0.05, 0.1) is 6.04 Å². The SMILES string of the molecule is CC(C(=O)Nc1ncccn1)N1CCCCCC1. The molecule has 2 heterocycles. The highest BCUT2D eigenvalue weighted by Crippen LogP contribution is 2.13. The van der Waals surface area contributed by atoms with E-state index in [1.807, 2.05) is 6.92 Å². The molecule has 1 aromatic heterocycles. The van der Waals surface area contributed by atoms with E-state index >= 15 is 0 Å². The van der Waals surface area contributed by atoms with Crippen molar-refractivity contribution < 1.29 is 4.79 Å². The number of aromatic nitrogens is 2. The minimum Gasteiger partial charge on any atom is -0.293 e. The maximum atomic E-state index is 12.1. The second-order valence-corrected chi connectivity index (χ2v) is 4.69. The molecule has 2 rings (SSSR count). The Hall–Kier alpha value is -1.49. The van der Waals surface area contributed by atoms with E-state index in [2.05, 4.69) is 20.2 Å². The van der Waals surface area contributed by atoms with Gasteiger partial charge in [0.15, 0.2) is 0 Å². The number of likely N-dealkylation sites (tertiary alicyclic amines) is 1. The van der Waals surface area contributed by atoms with Gasteiger partial charge in [-0.15, -0.1) is 0 Å². The Morgan fingerprint density at radius 1 is 1.22 bits per heavy atom. The Balaban J connectivity index is 1.91. The van der Waals surface area contributed by atoms with Crippen LogP contribution in [0.5, 0.6) is 0 Å². The molecule has 1 aromatic rings. The number of rotatable bonds is 3. The molecule has 0 spiro atoms. The smallest absolute Gasteiger partial charge is 0.243 e. The first kappa shape index (κ1) is 13.0. The van der Waals surface area contributed by atoms with E-state index in [4.69, 9.17) is 0 Å². The summed E-state index contributed by atoms with van der Waals surface area (Å²) in [6, 6.07) is 1.61. The van der Waals surface area contributed by atoms with Crippen LogP contribution in [0.3, 0.4) is 0 Å². The van der Waals surface area contributed by atoms with Gasteiger partial charge in [0.2, 0.25) is 11.9 Å². The number of hydrogen-bond donors (Lipinski definition) is 1. The fraction of sp³-hybridized carbons (Fsp3) is 0.615. The molecule has 0 radical (unpaired) electrons. The number of carbonyl (C=O) groups excluding carboxylic acids is 1. The van der Waals surface area contributed by atoms with E-state index in [1.54, 1.807) is 18.5 Å². The lowest BCUT2D eigenvalue weighted by Crippen LogP contribution is -2.42. The first-order chi connectivity index (χ1) is 8.77. The molecule has 5 heteroatoms. The number of amides is 1. The van der Waals surface area contributed by atoms with Crippen molar-refractivity contribution in [1.82, 2.24) is 14.9 Å². The maximum absolute atomic E-state index is 12.1. The summed E-state index contributed by atoms with van der Waals surface area (Å²) in [4.78, 5) is 22.3. The second-order valence-electron chi connectivity index (χ2n) is 4.69. The molecule has 0 bridgehead atoms. The number of anilines is 1. The predicted molar refractivity (Wildman–Crippen MR) is 70.2 cm³/mol. The second kappa shape index (κ2) is 6.44. The first-order valence-corrected chi connectivity index (χ1v) is 6.59. The molecule has 1 N–H and O–H groups in total. The molecule has 0 aromatic carbocycles. The van der Waals surface area contributed by atoms with Crippen LogP contribution < -0.4 is 5.32 Å². The van der Waals surface area contributed by atoms with Crippen molar-refractivity contribution in [2.24, 2.45) is 0 Å². The summed E-state index contributed by atoms with van der Waals surface area (Å²) in [6.45, 7) is 3.96. The van der Waals surface area contributed by atoms with Crippen LogP contribution in [0.15, 0.2) is 18.5 Å². The zero-order valence-corrected chi connectivity index (χ0v) is 10.8. The Morgan fingerprint density at radius 3 is 2.44 bits per heavy atom. The van der Waals surface area contributed by atoms with Crippen LogP contribution in [0.25, 0.3) is 0 Å². The number of nitrogens with one attached hydrogen (secondary N) is 1. The van der Waals surface area contributed by atoms with Gasteiger partial charge in [0.1, 0.15) is 0 Å². The molecule has 18 heavy (non-hydrogen) atoms. The highest BCUT2D eigenvalue weighted by molar-refractivity contribution is 5.93. The average molecular weight is 248 g/mol. The van der Waals surface area contributed by atoms with Crippen molar-refractivity contribution in [2.75, 3.05) is 18.4 Å². The molecule has 1 amide bonds. The van der Waals surface area contributed by atoms with E-state index in [-0.39, 0.29) is 11.9 Å². The molecule has 0 saturated carbocycles. The quantitative estimate of drug-likeness (QED) is 0.884. The summed E-state index contributed by atoms with van der Waals surface area (Å²) in [5, 5.41) is 2.76. The van der Waals surface area contributed by atoms with Gasteiger partial charge in [0, 0.05) is 12.4 Å². The third-order valence-corrected chi connectivity index (χ3v) is 3.37. The molecule has 1 fully saturated rings. The zero-order valence-electron chi connectivity index (χ0n) is 10.8. The molecule has 1 atom stereocenters. The average Bonchev–Trinajstić information content (AvgIpc) is 2.68. The summed E-state index contributed by atoms with van der Waals surface area (Å²) in [7, 11) is 0. The van der Waals surface area contributed by atoms with E-state index in [1.165, 1.54) is 25.7 Å². The van der Waals surface area contributed by atoms with Crippen LogP contribution in [-0.2, 0) is 4.79 Å². The highest BCUT2D eigenvalue weighted by atomic mass is 16.2. The van der Waals surface area contributed by atoms with E-state index in [0.29, 0.717) is 5.95 Å². The summed E-state index contributed by atoms with van der Waals surface area (Å²) < 4.78 is 0. The molecule has 1 unspecified atom stereocenters. The molecule has 5 nitrogen and oxygen atoms in total. The summed E-state index contributed by atoms with van der Waals surface area (Å²) in [6.07, 6.45) is 8.15. The monoisotopic (exact) mass is 248 g/mol. The van der Waals surface area contributed by atoms with Gasteiger partial charge in [-0.25, -0.2) is 9.97 Å². The Morgan fingerprint density at radius 2 is 1.83 bits per heavy atom. The minimum atomic E-state index is -0.119. The normalized spacial score (nSPS) is 18.9. The third kappa shape index (κ3) is 3.50. The standard InChI is InChI=1S/C13H20N4O/c1-11(17-9-4-2-3-5-10-17)12(18)16-13-14-7-6-8-15-13/h6-8,11H,2-5,9-10H2,1H3,(H,14,15,16,18). The van der Waals surface area contributed by atoms with Crippen LogP contribution in [0.1, 0.15) is 32.6 Å². The highest BCUT2D eigenvalue weighted by Gasteiger charge is 2.22. The molecule has 0 aliphatic carbocycles. The Kier molecular flexibility index (Phi) is 4.64. The topological polar surface area (TPSA) is 58.1 Å². The largest absolute Gasteiger partial charge is 0.293 e. The number of carbonyl (C=O) groups is 1. The zero-order chi connectivity index (χ0) is 12.8. The molecule has 1 saturated heterocycles. The fourth-order valence-corrected chi connectivity index (χ4v) is 2.23. The van der Waals surface area contributed by atoms with Crippen LogP contribution in [0.2, 0.25) is 0 Å². The van der Waals surface area contributed by atoms with Crippen molar-refractivity contribution in [3.8, 4) is 0 Å². The van der Waals surface area contributed by atoms with Gasteiger partial charge < -0.3 is 0 Å². The first-order valence-electron chi connectivity index (χ1n) is 6.59. The van der Waals surface area contributed by atoms with Gasteiger partial charge in [-0.1, -0.05) is 12.8 Å². The van der Waals surface area contributed by atoms with Gasteiger partial charge in [0.25, 0.3) is 0 Å². The lowest BCUT2D eigenvalue weighted by Gasteiger charge is -2.26. The van der Waals surface area contributed by atoms with Gasteiger partial charge in [-0.2, -0.15) is 0 Å². The lowest BCUT2D eigenvalue weighted by atomic mass is 10.2. The molecular formula is C13H20N4O. The van der Waals surface area contributed by atoms with Crippen LogP contribution >= 0.6 is 0 Å². The van der Waals surface area contributed by atoms with E-state index in [9.17, 15) is 4.79 Å². The van der Waals surface area contributed by atoms with Crippen LogP contribution in [-0.4, -0.2) is 39.9 Å². The predicted octanol–water partition coefficient (Wildman–Crippen LogP) is 1.68. The molecule has 1 aliphatic rings. The summed E-state index contributed by atoms with van der Waals surface area (Å²) in [5.74, 6) is 0.354. The Labute approximate surface area is 108 Å². The van der Waals surface area contributed by atoms with Gasteiger partial charge in [-0.3, -0.25) is 15.0 Å². The van der Waals surface area contributed by atoms with Crippen molar-refractivity contribution >= 4 is 11.9 Å². The number of nitrogens with zero attached hydrogens (tertiary/aromatic N) is 3. The van der Waals surface area contributed by atoms with Crippen molar-refractivity contribution in [2.45, 2.75) is 38.6 Å². The van der Waals surface area contributed by atoms with Crippen LogP contribution in [0.4, 0.5) is 5.95 Å². The minimum absolute atomic E-state index is 0.0249. The summed E-state index contributed by atoms with van der Waals surface area (Å²) >= 11 is 0. The van der Waals surface area contributed by atoms with Crippen molar-refractivity contribution in [3.05, 3.63) is 18.5 Å². The van der Waals surface area contributed by atoms with Crippen molar-refractivity contribution in [3.63, 3.8) is 0 Å². The van der Waals surface area contributed by atoms with Crippen LogP contribution in [0, 0.1) is 0 Å². The van der Waals surface area contributed by atoms with E-state index < -0.39 is 0 Å². The molecule has 1 aliphatic heterocycles. The lowest BCUT2D eigenvalue weighted by molar-refractivity contribution is -0.120. The third-order valence-electron chi connectivity index (χ3n) is 3.37. The van der Waals surface area contributed by atoms with Gasteiger partial charge >= 0.3 is 0 Å². The molecular weight excluding hydrogens is 228 g/mol. The Bertz CT molecular complexity index is 374. The number of hydrogen-bond acceptors (Lipinski definition) is 4. The van der Waals surface area contributed by atoms with E-state index in [0.717, 1.165) is 13.1 Å². The fourth-order valence-electron chi connectivity index (χ4n) is 2.23. The van der Waals surface area contributed by atoms with Crippen molar-refractivity contribution in [1.29, 1.82) is 0 Å². The summed E-state index contributed by atoms with van der Waals surface area (Å²) in [5.41, 5.74) is 0. The van der Waals surface area contributed by atoms with Gasteiger partial charge in [-0.05, 0) is 38.9 Å².